The van der Waals surface area contributed by atoms with E-state index in [0.29, 0.717) is 12.2 Å². The molecule has 0 amide bonds. The van der Waals surface area contributed by atoms with Crippen LogP contribution in [-0.2, 0) is 11.3 Å². The van der Waals surface area contributed by atoms with Crippen LogP contribution in [0.5, 0.6) is 0 Å². The third-order valence-corrected chi connectivity index (χ3v) is 2.32. The summed E-state index contributed by atoms with van der Waals surface area (Å²) in [5.41, 5.74) is 1.75. The third kappa shape index (κ3) is 3.93. The molecule has 0 bridgehead atoms. The minimum absolute atomic E-state index is 0.262. The fraction of sp³-hybridized carbons (Fsp3) is 0.364. The lowest BCUT2D eigenvalue weighted by Gasteiger charge is -2.04. The second kappa shape index (κ2) is 6.48. The van der Waals surface area contributed by atoms with Crippen molar-refractivity contribution in [3.63, 3.8) is 0 Å². The molecule has 82 valence electrons. The van der Waals surface area contributed by atoms with Gasteiger partial charge in [0, 0.05) is 6.54 Å². The maximum atomic E-state index is 11.3. The van der Waals surface area contributed by atoms with Crippen LogP contribution in [0.4, 0.5) is 0 Å². The summed E-state index contributed by atoms with van der Waals surface area (Å²) < 4.78 is 8.03. The first-order valence-electron chi connectivity index (χ1n) is 4.79. The molecule has 1 N–H and O–H groups in total. The zero-order valence-corrected chi connectivity index (χ0v) is 9.76. The van der Waals surface area contributed by atoms with Crippen LogP contribution in [0, 0.1) is 0 Å². The maximum Gasteiger partial charge on any atom is 0.338 e. The molecule has 1 aromatic rings. The predicted octanol–water partition coefficient (Wildman–Crippen LogP) is 2.23. The molecular weight excluding hydrogens is 210 g/mol. The Hall–Kier alpha value is -1.00. The van der Waals surface area contributed by atoms with E-state index in [-0.39, 0.29) is 5.97 Å². The number of rotatable bonds is 5. The molecule has 0 unspecified atom stereocenters. The van der Waals surface area contributed by atoms with Crippen molar-refractivity contribution in [1.82, 2.24) is 4.72 Å². The first-order valence-corrected chi connectivity index (χ1v) is 6.02. The maximum absolute atomic E-state index is 11.3. The highest BCUT2D eigenvalue weighted by Crippen LogP contribution is 2.06. The molecule has 0 saturated carbocycles. The van der Waals surface area contributed by atoms with Crippen molar-refractivity contribution in [3.05, 3.63) is 35.4 Å². The molecule has 3 nitrogen and oxygen atoms in total. The summed E-state index contributed by atoms with van der Waals surface area (Å²) in [5, 5.41) is 0. The topological polar surface area (TPSA) is 38.3 Å². The fourth-order valence-corrected chi connectivity index (χ4v) is 1.44. The van der Waals surface area contributed by atoms with Gasteiger partial charge in [-0.3, -0.25) is 4.72 Å². The molecule has 0 saturated heterocycles. The summed E-state index contributed by atoms with van der Waals surface area (Å²) in [7, 11) is 0. The van der Waals surface area contributed by atoms with Crippen molar-refractivity contribution in [2.24, 2.45) is 0 Å². The number of hydrogen-bond acceptors (Lipinski definition) is 4. The SMILES string of the molecule is CCOC(=O)c1ccc(CNSC)cc1. The number of nitrogens with one attached hydrogen (secondary N) is 1. The van der Waals surface area contributed by atoms with E-state index in [1.807, 2.05) is 18.4 Å². The lowest BCUT2D eigenvalue weighted by atomic mass is 10.1. The molecule has 0 spiro atoms. The van der Waals surface area contributed by atoms with Crippen LogP contribution in [0.1, 0.15) is 22.8 Å². The van der Waals surface area contributed by atoms with Crippen molar-refractivity contribution < 1.29 is 9.53 Å². The number of carbonyl (C=O) groups excluding carboxylic acids is 1. The Bertz CT molecular complexity index is 311. The van der Waals surface area contributed by atoms with Gasteiger partial charge in [0.05, 0.1) is 12.2 Å². The Labute approximate surface area is 94.3 Å². The van der Waals surface area contributed by atoms with Crippen LogP contribution in [0.2, 0.25) is 0 Å². The van der Waals surface area contributed by atoms with E-state index >= 15 is 0 Å². The summed E-state index contributed by atoms with van der Waals surface area (Å²) in [6.45, 7) is 3.01. The highest BCUT2D eigenvalue weighted by molar-refractivity contribution is 7.96. The van der Waals surface area contributed by atoms with Gasteiger partial charge in [-0.25, -0.2) is 4.79 Å². The third-order valence-electron chi connectivity index (χ3n) is 1.89. The van der Waals surface area contributed by atoms with Crippen molar-refractivity contribution in [3.8, 4) is 0 Å². The second-order valence-electron chi connectivity index (χ2n) is 2.94. The number of carbonyl (C=O) groups is 1. The number of benzene rings is 1. The van der Waals surface area contributed by atoms with Gasteiger partial charge >= 0.3 is 5.97 Å². The Balaban J connectivity index is 2.59. The van der Waals surface area contributed by atoms with E-state index in [1.54, 1.807) is 31.0 Å². The molecule has 0 atom stereocenters. The average molecular weight is 225 g/mol. The molecule has 0 heterocycles. The molecule has 1 aromatic carbocycles. The summed E-state index contributed by atoms with van der Waals surface area (Å²) in [6, 6.07) is 7.43. The van der Waals surface area contributed by atoms with Gasteiger partial charge in [-0.15, -0.1) is 0 Å². The van der Waals surface area contributed by atoms with Crippen molar-refractivity contribution in [2.75, 3.05) is 12.9 Å². The predicted molar refractivity (Wildman–Crippen MR) is 62.8 cm³/mol. The Morgan fingerprint density at radius 3 is 2.60 bits per heavy atom. The van der Waals surface area contributed by atoms with Gasteiger partial charge in [-0.05, 0) is 30.9 Å². The Kier molecular flexibility index (Phi) is 5.21. The summed E-state index contributed by atoms with van der Waals surface area (Å²) in [6.07, 6.45) is 1.98. The molecule has 4 heteroatoms. The van der Waals surface area contributed by atoms with Crippen LogP contribution < -0.4 is 4.72 Å². The van der Waals surface area contributed by atoms with Crippen LogP contribution in [0.15, 0.2) is 24.3 Å². The fourth-order valence-electron chi connectivity index (χ4n) is 1.13. The first-order chi connectivity index (χ1) is 7.27. The van der Waals surface area contributed by atoms with Crippen LogP contribution in [0.3, 0.4) is 0 Å². The molecule has 1 rings (SSSR count). The minimum Gasteiger partial charge on any atom is -0.462 e. The van der Waals surface area contributed by atoms with E-state index in [2.05, 4.69) is 4.72 Å². The molecule has 15 heavy (non-hydrogen) atoms. The van der Waals surface area contributed by atoms with Crippen LogP contribution in [0.25, 0.3) is 0 Å². The summed E-state index contributed by atoms with van der Waals surface area (Å²) in [5.74, 6) is -0.262. The van der Waals surface area contributed by atoms with Gasteiger partial charge < -0.3 is 4.74 Å². The van der Waals surface area contributed by atoms with Gasteiger partial charge in [-0.1, -0.05) is 24.1 Å². The summed E-state index contributed by atoms with van der Waals surface area (Å²) >= 11 is 1.57. The van der Waals surface area contributed by atoms with Gasteiger partial charge in [0.1, 0.15) is 0 Å². The zero-order valence-electron chi connectivity index (χ0n) is 8.95. The highest BCUT2D eigenvalue weighted by Gasteiger charge is 2.04. The standard InChI is InChI=1S/C11H15NO2S/c1-3-14-11(13)10-6-4-9(5-7-10)8-12-15-2/h4-7,12H,3,8H2,1-2H3. The molecule has 0 radical (unpaired) electrons. The highest BCUT2D eigenvalue weighted by atomic mass is 32.2. The van der Waals surface area contributed by atoms with Crippen LogP contribution >= 0.6 is 11.9 Å². The van der Waals surface area contributed by atoms with E-state index in [0.717, 1.165) is 12.1 Å². The van der Waals surface area contributed by atoms with Gasteiger partial charge in [-0.2, -0.15) is 0 Å². The quantitative estimate of drug-likeness (QED) is 0.616. The van der Waals surface area contributed by atoms with Crippen molar-refractivity contribution in [1.29, 1.82) is 0 Å². The van der Waals surface area contributed by atoms with Crippen molar-refractivity contribution in [2.45, 2.75) is 13.5 Å². The van der Waals surface area contributed by atoms with E-state index < -0.39 is 0 Å². The van der Waals surface area contributed by atoms with Gasteiger partial charge in [0.2, 0.25) is 0 Å². The molecule has 0 aliphatic carbocycles. The molecular formula is C11H15NO2S. The van der Waals surface area contributed by atoms with E-state index in [1.165, 1.54) is 0 Å². The monoisotopic (exact) mass is 225 g/mol. The molecule has 0 aromatic heterocycles. The number of esters is 1. The average Bonchev–Trinajstić information content (AvgIpc) is 2.27. The first kappa shape index (κ1) is 12.1. The van der Waals surface area contributed by atoms with E-state index in [4.69, 9.17) is 4.74 Å². The molecule has 0 aliphatic heterocycles. The smallest absolute Gasteiger partial charge is 0.338 e. The van der Waals surface area contributed by atoms with Gasteiger partial charge in [0.25, 0.3) is 0 Å². The number of ether oxygens (including phenoxy) is 1. The van der Waals surface area contributed by atoms with Gasteiger partial charge in [0.15, 0.2) is 0 Å². The lowest BCUT2D eigenvalue weighted by Crippen LogP contribution is -2.06. The Morgan fingerprint density at radius 2 is 2.07 bits per heavy atom. The van der Waals surface area contributed by atoms with E-state index in [9.17, 15) is 4.79 Å². The zero-order chi connectivity index (χ0) is 11.1. The summed E-state index contributed by atoms with van der Waals surface area (Å²) in [4.78, 5) is 11.3. The van der Waals surface area contributed by atoms with Crippen LogP contribution in [-0.4, -0.2) is 18.8 Å². The number of hydrogen-bond donors (Lipinski definition) is 1. The normalized spacial score (nSPS) is 10.0. The van der Waals surface area contributed by atoms with Crippen molar-refractivity contribution >= 4 is 17.9 Å². The minimum atomic E-state index is -0.262. The second-order valence-corrected chi connectivity index (χ2v) is 3.64. The molecule has 0 aliphatic rings. The Morgan fingerprint density at radius 1 is 1.40 bits per heavy atom. The largest absolute Gasteiger partial charge is 0.462 e. The lowest BCUT2D eigenvalue weighted by molar-refractivity contribution is 0.0526. The molecule has 0 fully saturated rings.